The maximum Gasteiger partial charge on any atom is 0.435 e. The Morgan fingerprint density at radius 3 is 2.48 bits per heavy atom. The van der Waals surface area contributed by atoms with E-state index in [9.17, 15) is 31.1 Å². The van der Waals surface area contributed by atoms with Gasteiger partial charge in [0.2, 0.25) is 0 Å². The van der Waals surface area contributed by atoms with Crippen molar-refractivity contribution < 1.29 is 31.1 Å². The molecule has 0 aromatic carbocycles. The fourth-order valence-corrected chi connectivity index (χ4v) is 1.65. The molecule has 124 valence electrons. The van der Waals surface area contributed by atoms with Gasteiger partial charge >= 0.3 is 12.4 Å². The molecule has 0 unspecified atom stereocenters. The van der Waals surface area contributed by atoms with E-state index in [-0.39, 0.29) is 0 Å². The van der Waals surface area contributed by atoms with Gasteiger partial charge < -0.3 is 5.32 Å². The monoisotopic (exact) mass is 338 g/mol. The topological polar surface area (TPSA) is 59.8 Å². The first kappa shape index (κ1) is 16.8. The third-order valence-electron chi connectivity index (χ3n) is 2.57. The fourth-order valence-electron chi connectivity index (χ4n) is 1.65. The molecule has 0 aliphatic rings. The molecule has 0 spiro atoms. The highest BCUT2D eigenvalue weighted by Crippen LogP contribution is 2.31. The van der Waals surface area contributed by atoms with Gasteiger partial charge in [-0.05, 0) is 18.2 Å². The number of hydrogen-bond acceptors (Lipinski definition) is 3. The third kappa shape index (κ3) is 4.20. The van der Waals surface area contributed by atoms with Crippen LogP contribution in [0.3, 0.4) is 0 Å². The molecule has 0 aliphatic heterocycles. The van der Waals surface area contributed by atoms with E-state index in [1.54, 1.807) is 5.32 Å². The summed E-state index contributed by atoms with van der Waals surface area (Å²) in [4.78, 5) is 14.7. The second kappa shape index (κ2) is 5.89. The SMILES string of the molecule is O=C(NCC(F)(F)F)c1ccn(-c2cccnc2C(F)(F)F)n1. The van der Waals surface area contributed by atoms with Gasteiger partial charge in [0.1, 0.15) is 6.54 Å². The largest absolute Gasteiger partial charge is 0.435 e. The molecule has 2 aromatic rings. The number of carbonyl (C=O) groups excluding carboxylic acids is 1. The molecule has 0 aliphatic carbocycles. The Morgan fingerprint density at radius 1 is 1.17 bits per heavy atom. The van der Waals surface area contributed by atoms with Crippen molar-refractivity contribution in [2.45, 2.75) is 12.4 Å². The lowest BCUT2D eigenvalue weighted by molar-refractivity contribution is -0.141. The van der Waals surface area contributed by atoms with Crippen molar-refractivity contribution >= 4 is 5.91 Å². The number of carbonyl (C=O) groups is 1. The average Bonchev–Trinajstić information content (AvgIpc) is 2.93. The Morgan fingerprint density at radius 2 is 1.87 bits per heavy atom. The number of amides is 1. The molecular formula is C12H8F6N4O. The number of nitrogens with zero attached hydrogens (tertiary/aromatic N) is 3. The fraction of sp³-hybridized carbons (Fsp3) is 0.250. The van der Waals surface area contributed by atoms with Crippen LogP contribution >= 0.6 is 0 Å². The highest BCUT2D eigenvalue weighted by atomic mass is 19.4. The molecule has 0 saturated carbocycles. The molecule has 11 heteroatoms. The Kier molecular flexibility index (Phi) is 4.30. The van der Waals surface area contributed by atoms with Gasteiger partial charge in [0.15, 0.2) is 11.4 Å². The summed E-state index contributed by atoms with van der Waals surface area (Å²) in [7, 11) is 0. The van der Waals surface area contributed by atoms with Gasteiger partial charge in [0, 0.05) is 12.4 Å². The van der Waals surface area contributed by atoms with Gasteiger partial charge in [-0.1, -0.05) is 0 Å². The average molecular weight is 338 g/mol. The summed E-state index contributed by atoms with van der Waals surface area (Å²) in [5.41, 5.74) is -2.13. The summed E-state index contributed by atoms with van der Waals surface area (Å²) >= 11 is 0. The van der Waals surface area contributed by atoms with Crippen LogP contribution in [0.2, 0.25) is 0 Å². The van der Waals surface area contributed by atoms with E-state index in [1.165, 1.54) is 6.07 Å². The van der Waals surface area contributed by atoms with E-state index in [2.05, 4.69) is 10.1 Å². The van der Waals surface area contributed by atoms with Gasteiger partial charge in [-0.2, -0.15) is 31.4 Å². The van der Waals surface area contributed by atoms with E-state index < -0.39 is 41.9 Å². The summed E-state index contributed by atoms with van der Waals surface area (Å²) in [6, 6.07) is 3.30. The second-order valence-corrected chi connectivity index (χ2v) is 4.31. The molecule has 0 atom stereocenters. The number of hydrogen-bond donors (Lipinski definition) is 1. The van der Waals surface area contributed by atoms with Crippen molar-refractivity contribution in [2.75, 3.05) is 6.54 Å². The summed E-state index contributed by atoms with van der Waals surface area (Å²) in [6.45, 7) is -1.57. The van der Waals surface area contributed by atoms with Crippen LogP contribution in [0.25, 0.3) is 5.69 Å². The minimum Gasteiger partial charge on any atom is -0.342 e. The minimum atomic E-state index is -4.75. The third-order valence-corrected chi connectivity index (χ3v) is 2.57. The Balaban J connectivity index is 2.25. The quantitative estimate of drug-likeness (QED) is 0.875. The van der Waals surface area contributed by atoms with Crippen LogP contribution in [0.5, 0.6) is 0 Å². The van der Waals surface area contributed by atoms with Crippen LogP contribution in [-0.2, 0) is 6.18 Å². The zero-order chi connectivity index (χ0) is 17.3. The zero-order valence-electron chi connectivity index (χ0n) is 11.1. The van der Waals surface area contributed by atoms with Crippen LogP contribution in [-0.4, -0.2) is 33.4 Å². The van der Waals surface area contributed by atoms with Crippen molar-refractivity contribution in [1.29, 1.82) is 0 Å². The predicted molar refractivity (Wildman–Crippen MR) is 64.7 cm³/mol. The normalized spacial score (nSPS) is 12.3. The lowest BCUT2D eigenvalue weighted by Gasteiger charge is -2.11. The Labute approximate surface area is 124 Å². The van der Waals surface area contributed by atoms with Crippen molar-refractivity contribution in [3.8, 4) is 5.69 Å². The molecule has 23 heavy (non-hydrogen) atoms. The molecule has 2 aromatic heterocycles. The van der Waals surface area contributed by atoms with Crippen molar-refractivity contribution in [1.82, 2.24) is 20.1 Å². The summed E-state index contributed by atoms with van der Waals surface area (Å²) < 4.78 is 75.3. The van der Waals surface area contributed by atoms with Crippen molar-refractivity contribution in [3.63, 3.8) is 0 Å². The number of alkyl halides is 6. The van der Waals surface area contributed by atoms with Gasteiger partial charge in [-0.3, -0.25) is 4.79 Å². The van der Waals surface area contributed by atoms with Crippen molar-refractivity contribution in [2.24, 2.45) is 0 Å². The Bertz CT molecular complexity index is 706. The molecular weight excluding hydrogens is 330 g/mol. The maximum absolute atomic E-state index is 12.8. The highest BCUT2D eigenvalue weighted by molar-refractivity contribution is 5.92. The molecule has 0 saturated heterocycles. The first-order chi connectivity index (χ1) is 10.6. The summed E-state index contributed by atoms with van der Waals surface area (Å²) in [5, 5.41) is 5.12. The van der Waals surface area contributed by atoms with Crippen LogP contribution in [0.1, 0.15) is 16.2 Å². The lowest BCUT2D eigenvalue weighted by Crippen LogP contribution is -2.34. The standard InChI is InChI=1S/C12H8F6N4O/c13-11(14,15)6-20-10(23)7-3-5-22(21-7)8-2-1-4-19-9(8)12(16,17)18/h1-5H,6H2,(H,20,23). The van der Waals surface area contributed by atoms with Crippen molar-refractivity contribution in [3.05, 3.63) is 42.0 Å². The molecule has 2 rings (SSSR count). The van der Waals surface area contributed by atoms with Crippen LogP contribution in [0.15, 0.2) is 30.6 Å². The minimum absolute atomic E-state index is 0.449. The first-order valence-corrected chi connectivity index (χ1v) is 6.01. The Hall–Kier alpha value is -2.59. The van der Waals surface area contributed by atoms with E-state index in [0.717, 1.165) is 29.2 Å². The zero-order valence-corrected chi connectivity index (χ0v) is 11.1. The summed E-state index contributed by atoms with van der Waals surface area (Å²) in [5.74, 6) is -1.15. The predicted octanol–water partition coefficient (Wildman–Crippen LogP) is 2.58. The van der Waals surface area contributed by atoms with Gasteiger partial charge in [0.05, 0.1) is 5.69 Å². The van der Waals surface area contributed by atoms with Gasteiger partial charge in [0.25, 0.3) is 5.91 Å². The van der Waals surface area contributed by atoms with E-state index >= 15 is 0 Å². The molecule has 1 N–H and O–H groups in total. The van der Waals surface area contributed by atoms with Gasteiger partial charge in [-0.25, -0.2) is 9.67 Å². The van der Waals surface area contributed by atoms with E-state index in [0.29, 0.717) is 0 Å². The van der Waals surface area contributed by atoms with Gasteiger partial charge in [-0.15, -0.1) is 0 Å². The number of halogens is 6. The molecule has 1 amide bonds. The maximum atomic E-state index is 12.8. The number of aromatic nitrogens is 3. The van der Waals surface area contributed by atoms with Crippen LogP contribution < -0.4 is 5.32 Å². The first-order valence-electron chi connectivity index (χ1n) is 6.01. The number of rotatable bonds is 3. The molecule has 2 heterocycles. The molecule has 0 bridgehead atoms. The lowest BCUT2D eigenvalue weighted by atomic mass is 10.3. The summed E-state index contributed by atoms with van der Waals surface area (Å²) in [6.07, 6.45) is -7.40. The van der Waals surface area contributed by atoms with E-state index in [1.807, 2.05) is 0 Å². The molecule has 0 fully saturated rings. The molecule has 0 radical (unpaired) electrons. The van der Waals surface area contributed by atoms with Crippen LogP contribution in [0, 0.1) is 0 Å². The second-order valence-electron chi connectivity index (χ2n) is 4.31. The van der Waals surface area contributed by atoms with Crippen LogP contribution in [0.4, 0.5) is 26.3 Å². The number of pyridine rings is 1. The van der Waals surface area contributed by atoms with E-state index in [4.69, 9.17) is 0 Å². The molecule has 5 nitrogen and oxygen atoms in total. The number of nitrogens with one attached hydrogen (secondary N) is 1. The highest BCUT2D eigenvalue weighted by Gasteiger charge is 2.36. The smallest absolute Gasteiger partial charge is 0.342 e.